The first kappa shape index (κ1) is 18.6. The summed E-state index contributed by atoms with van der Waals surface area (Å²) in [5.41, 5.74) is 2.24. The fourth-order valence-corrected chi connectivity index (χ4v) is 2.96. The van der Waals surface area contributed by atoms with Crippen LogP contribution in [0.1, 0.15) is 50.8 Å². The molecule has 0 atom stereocenters. The molecule has 2 aromatic rings. The van der Waals surface area contributed by atoms with Crippen LogP contribution >= 0.6 is 11.6 Å². The van der Waals surface area contributed by atoms with Crippen molar-refractivity contribution in [1.82, 2.24) is 9.47 Å². The van der Waals surface area contributed by atoms with Gasteiger partial charge >= 0.3 is 0 Å². The van der Waals surface area contributed by atoms with Crippen LogP contribution in [0.3, 0.4) is 0 Å². The van der Waals surface area contributed by atoms with Crippen LogP contribution < -0.4 is 0 Å². The molecule has 0 radical (unpaired) electrons. The van der Waals surface area contributed by atoms with Crippen LogP contribution in [0, 0.1) is 0 Å². The van der Waals surface area contributed by atoms with Gasteiger partial charge in [0, 0.05) is 36.4 Å². The summed E-state index contributed by atoms with van der Waals surface area (Å²) in [7, 11) is 0. The molecule has 0 saturated carbocycles. The minimum atomic E-state index is 0.247. The van der Waals surface area contributed by atoms with Gasteiger partial charge in [0.05, 0.1) is 6.54 Å². The summed E-state index contributed by atoms with van der Waals surface area (Å²) in [5.74, 6) is 0.247. The number of carbonyl (C=O) groups is 1. The third-order valence-corrected chi connectivity index (χ3v) is 4.54. The van der Waals surface area contributed by atoms with E-state index >= 15 is 0 Å². The molecule has 1 heterocycles. The minimum Gasteiger partial charge on any atom is -0.345 e. The summed E-state index contributed by atoms with van der Waals surface area (Å²) >= 11 is 6.28. The number of hydrogen-bond donors (Lipinski definition) is 0. The highest BCUT2D eigenvalue weighted by atomic mass is 35.5. The topological polar surface area (TPSA) is 25.2 Å². The zero-order valence-electron chi connectivity index (χ0n) is 14.7. The Kier molecular flexibility index (Phi) is 7.38. The van der Waals surface area contributed by atoms with Gasteiger partial charge in [0.2, 0.25) is 5.91 Å². The lowest BCUT2D eigenvalue weighted by Gasteiger charge is -2.23. The van der Waals surface area contributed by atoms with Crippen LogP contribution in [0.5, 0.6) is 0 Å². The molecule has 0 unspecified atom stereocenters. The van der Waals surface area contributed by atoms with Gasteiger partial charge in [-0.1, -0.05) is 50.1 Å². The Morgan fingerprint density at radius 3 is 2.62 bits per heavy atom. The van der Waals surface area contributed by atoms with Crippen molar-refractivity contribution in [3.05, 3.63) is 58.9 Å². The lowest BCUT2D eigenvalue weighted by molar-refractivity contribution is -0.132. The van der Waals surface area contributed by atoms with Crippen LogP contribution in [-0.4, -0.2) is 21.9 Å². The number of aromatic nitrogens is 1. The molecule has 0 saturated heterocycles. The Morgan fingerprint density at radius 2 is 1.92 bits per heavy atom. The molecule has 0 fully saturated rings. The molecule has 130 valence electrons. The number of benzene rings is 1. The zero-order valence-corrected chi connectivity index (χ0v) is 15.4. The van der Waals surface area contributed by atoms with Crippen molar-refractivity contribution in [2.45, 2.75) is 52.6 Å². The Bertz CT molecular complexity index is 651. The minimum absolute atomic E-state index is 0.247. The van der Waals surface area contributed by atoms with Crippen molar-refractivity contribution in [2.75, 3.05) is 6.54 Å². The summed E-state index contributed by atoms with van der Waals surface area (Å²) in [6.45, 7) is 6.42. The number of carbonyl (C=O) groups excluding carboxylic acids is 1. The highest BCUT2D eigenvalue weighted by molar-refractivity contribution is 6.31. The van der Waals surface area contributed by atoms with E-state index in [2.05, 4.69) is 30.7 Å². The smallest absolute Gasteiger partial charge is 0.222 e. The van der Waals surface area contributed by atoms with E-state index in [4.69, 9.17) is 11.6 Å². The number of nitrogens with zero attached hydrogens (tertiary/aromatic N) is 2. The normalized spacial score (nSPS) is 10.8. The van der Waals surface area contributed by atoms with E-state index in [1.54, 1.807) is 0 Å². The predicted octanol–water partition coefficient (Wildman–Crippen LogP) is 5.12. The molecule has 0 aliphatic rings. The molecular formula is C20H27ClN2O. The number of hydrogen-bond acceptors (Lipinski definition) is 1. The SMILES string of the molecule is CCCCN(Cc1cccn1Cc1ccccc1Cl)C(=O)CCC. The van der Waals surface area contributed by atoms with E-state index in [9.17, 15) is 4.79 Å². The quantitative estimate of drug-likeness (QED) is 0.618. The molecule has 0 bridgehead atoms. The van der Waals surface area contributed by atoms with E-state index in [1.807, 2.05) is 35.2 Å². The van der Waals surface area contributed by atoms with Gasteiger partial charge in [-0.05, 0) is 36.6 Å². The second-order valence-corrected chi connectivity index (χ2v) is 6.54. The lowest BCUT2D eigenvalue weighted by atomic mass is 10.2. The Morgan fingerprint density at radius 1 is 1.12 bits per heavy atom. The van der Waals surface area contributed by atoms with Gasteiger partial charge in [-0.15, -0.1) is 0 Å². The standard InChI is InChI=1S/C20H27ClN2O/c1-3-5-13-23(20(24)9-4-2)16-18-11-8-14-22(18)15-17-10-6-7-12-19(17)21/h6-8,10-12,14H,3-5,9,13,15-16H2,1-2H3. The number of unbranched alkanes of at least 4 members (excludes halogenated alkanes) is 1. The monoisotopic (exact) mass is 346 g/mol. The number of halogens is 1. The summed E-state index contributed by atoms with van der Waals surface area (Å²) in [5, 5.41) is 0.780. The molecule has 2 rings (SSSR count). The summed E-state index contributed by atoms with van der Waals surface area (Å²) in [6.07, 6.45) is 5.70. The third kappa shape index (κ3) is 5.13. The van der Waals surface area contributed by atoms with Crippen LogP contribution in [-0.2, 0) is 17.9 Å². The molecule has 1 aromatic heterocycles. The maximum Gasteiger partial charge on any atom is 0.222 e. The molecule has 0 aliphatic carbocycles. The van der Waals surface area contributed by atoms with Gasteiger partial charge in [0.25, 0.3) is 0 Å². The van der Waals surface area contributed by atoms with Crippen molar-refractivity contribution in [2.24, 2.45) is 0 Å². The van der Waals surface area contributed by atoms with Gasteiger partial charge in [-0.3, -0.25) is 4.79 Å². The number of amides is 1. The first-order valence-electron chi connectivity index (χ1n) is 8.80. The average molecular weight is 347 g/mol. The summed E-state index contributed by atoms with van der Waals surface area (Å²) in [6, 6.07) is 12.0. The Hall–Kier alpha value is -1.74. The van der Waals surface area contributed by atoms with Crippen LogP contribution in [0.2, 0.25) is 5.02 Å². The Balaban J connectivity index is 2.12. The van der Waals surface area contributed by atoms with Crippen LogP contribution in [0.25, 0.3) is 0 Å². The average Bonchev–Trinajstić information content (AvgIpc) is 3.00. The molecule has 24 heavy (non-hydrogen) atoms. The van der Waals surface area contributed by atoms with Crippen molar-refractivity contribution >= 4 is 17.5 Å². The number of rotatable bonds is 9. The summed E-state index contributed by atoms with van der Waals surface area (Å²) in [4.78, 5) is 14.4. The molecule has 0 aliphatic heterocycles. The van der Waals surface area contributed by atoms with E-state index in [-0.39, 0.29) is 5.91 Å². The van der Waals surface area contributed by atoms with E-state index in [1.165, 1.54) is 0 Å². The van der Waals surface area contributed by atoms with Crippen molar-refractivity contribution < 1.29 is 4.79 Å². The third-order valence-electron chi connectivity index (χ3n) is 4.17. The maximum absolute atomic E-state index is 12.4. The molecule has 0 N–H and O–H groups in total. The van der Waals surface area contributed by atoms with Gasteiger partial charge in [0.1, 0.15) is 0 Å². The van der Waals surface area contributed by atoms with Gasteiger partial charge in [0.15, 0.2) is 0 Å². The molecular weight excluding hydrogens is 320 g/mol. The summed E-state index contributed by atoms with van der Waals surface area (Å²) < 4.78 is 2.18. The van der Waals surface area contributed by atoms with Gasteiger partial charge in [-0.25, -0.2) is 0 Å². The van der Waals surface area contributed by atoms with E-state index < -0.39 is 0 Å². The van der Waals surface area contributed by atoms with Crippen LogP contribution in [0.4, 0.5) is 0 Å². The fraction of sp³-hybridized carbons (Fsp3) is 0.450. The first-order valence-corrected chi connectivity index (χ1v) is 9.18. The highest BCUT2D eigenvalue weighted by Gasteiger charge is 2.15. The van der Waals surface area contributed by atoms with Crippen molar-refractivity contribution in [1.29, 1.82) is 0 Å². The lowest BCUT2D eigenvalue weighted by Crippen LogP contribution is -2.32. The molecule has 0 spiro atoms. The molecule has 1 aromatic carbocycles. The second-order valence-electron chi connectivity index (χ2n) is 6.14. The molecule has 3 nitrogen and oxygen atoms in total. The fourth-order valence-electron chi connectivity index (χ4n) is 2.77. The van der Waals surface area contributed by atoms with Crippen LogP contribution in [0.15, 0.2) is 42.6 Å². The zero-order chi connectivity index (χ0) is 17.4. The van der Waals surface area contributed by atoms with Crippen molar-refractivity contribution in [3.63, 3.8) is 0 Å². The van der Waals surface area contributed by atoms with E-state index in [0.717, 1.165) is 48.6 Å². The van der Waals surface area contributed by atoms with Crippen molar-refractivity contribution in [3.8, 4) is 0 Å². The Labute approximate surface area is 150 Å². The second kappa shape index (κ2) is 9.53. The predicted molar refractivity (Wildman–Crippen MR) is 100 cm³/mol. The first-order chi connectivity index (χ1) is 11.7. The molecule has 1 amide bonds. The van der Waals surface area contributed by atoms with Gasteiger partial charge in [-0.2, -0.15) is 0 Å². The highest BCUT2D eigenvalue weighted by Crippen LogP contribution is 2.18. The maximum atomic E-state index is 12.4. The van der Waals surface area contributed by atoms with E-state index in [0.29, 0.717) is 13.0 Å². The molecule has 4 heteroatoms. The largest absolute Gasteiger partial charge is 0.345 e. The van der Waals surface area contributed by atoms with Gasteiger partial charge < -0.3 is 9.47 Å².